The van der Waals surface area contributed by atoms with Gasteiger partial charge in [-0.1, -0.05) is 18.2 Å². The molecule has 0 aliphatic rings. The van der Waals surface area contributed by atoms with E-state index >= 15 is 0 Å². The van der Waals surface area contributed by atoms with Crippen LogP contribution in [0.15, 0.2) is 24.3 Å². The third-order valence-corrected chi connectivity index (χ3v) is 1.82. The fourth-order valence-corrected chi connectivity index (χ4v) is 0.960. The first-order chi connectivity index (χ1) is 6.11. The first-order valence-corrected chi connectivity index (χ1v) is 4.23. The van der Waals surface area contributed by atoms with E-state index in [2.05, 4.69) is 5.32 Å². The highest BCUT2D eigenvalue weighted by Crippen LogP contribution is 2.12. The fourth-order valence-electron chi connectivity index (χ4n) is 0.960. The zero-order chi connectivity index (χ0) is 9.84. The van der Waals surface area contributed by atoms with Crippen molar-refractivity contribution in [2.45, 2.75) is 19.9 Å². The van der Waals surface area contributed by atoms with Crippen molar-refractivity contribution in [3.63, 3.8) is 0 Å². The summed E-state index contributed by atoms with van der Waals surface area (Å²) in [5, 5.41) is 2.75. The Balaban J connectivity index is 2.75. The number of carbonyl (C=O) groups excluding carboxylic acids is 1. The predicted octanol–water partition coefficient (Wildman–Crippen LogP) is 1.28. The Hall–Kier alpha value is -1.35. The largest absolute Gasteiger partial charge is 0.325 e. The summed E-state index contributed by atoms with van der Waals surface area (Å²) in [6.45, 7) is 3.60. The van der Waals surface area contributed by atoms with Gasteiger partial charge in [0, 0.05) is 5.69 Å². The van der Waals surface area contributed by atoms with Crippen molar-refractivity contribution in [1.82, 2.24) is 0 Å². The molecule has 0 aliphatic carbocycles. The molecule has 0 unspecified atom stereocenters. The molecule has 70 valence electrons. The maximum atomic E-state index is 11.2. The summed E-state index contributed by atoms with van der Waals surface area (Å²) in [6, 6.07) is 7.13. The van der Waals surface area contributed by atoms with Gasteiger partial charge >= 0.3 is 0 Å². The van der Waals surface area contributed by atoms with Crippen LogP contribution in [0.5, 0.6) is 0 Å². The van der Waals surface area contributed by atoms with Gasteiger partial charge in [0.05, 0.1) is 6.04 Å². The van der Waals surface area contributed by atoms with Crippen molar-refractivity contribution < 1.29 is 4.79 Å². The van der Waals surface area contributed by atoms with Gasteiger partial charge in [0.25, 0.3) is 0 Å². The van der Waals surface area contributed by atoms with E-state index in [1.54, 1.807) is 6.92 Å². The lowest BCUT2D eigenvalue weighted by molar-refractivity contribution is -0.117. The molecular weight excluding hydrogens is 164 g/mol. The minimum absolute atomic E-state index is 0.158. The molecule has 0 saturated heterocycles. The molecule has 0 fully saturated rings. The summed E-state index contributed by atoms with van der Waals surface area (Å²) in [5.74, 6) is -0.158. The predicted molar refractivity (Wildman–Crippen MR) is 53.5 cm³/mol. The lowest BCUT2D eigenvalue weighted by Gasteiger charge is -2.09. The molecule has 3 N–H and O–H groups in total. The summed E-state index contributed by atoms with van der Waals surface area (Å²) in [4.78, 5) is 11.2. The number of hydrogen-bond donors (Lipinski definition) is 2. The highest BCUT2D eigenvalue weighted by atomic mass is 16.2. The average molecular weight is 178 g/mol. The van der Waals surface area contributed by atoms with E-state index in [0.29, 0.717) is 0 Å². The second-order valence-electron chi connectivity index (χ2n) is 3.09. The van der Waals surface area contributed by atoms with Crippen molar-refractivity contribution in [3.8, 4) is 0 Å². The Morgan fingerprint density at radius 1 is 1.46 bits per heavy atom. The molecule has 1 atom stereocenters. The summed E-state index contributed by atoms with van der Waals surface area (Å²) in [7, 11) is 0. The van der Waals surface area contributed by atoms with Crippen LogP contribution in [0.1, 0.15) is 12.5 Å². The van der Waals surface area contributed by atoms with Crippen LogP contribution in [0.25, 0.3) is 0 Å². The number of para-hydroxylation sites is 1. The fraction of sp³-hybridized carbons (Fsp3) is 0.300. The molecule has 0 aromatic heterocycles. The Bertz CT molecular complexity index is 308. The highest BCUT2D eigenvalue weighted by Gasteiger charge is 2.07. The van der Waals surface area contributed by atoms with Gasteiger partial charge in [-0.05, 0) is 25.5 Å². The van der Waals surface area contributed by atoms with Gasteiger partial charge in [0.1, 0.15) is 0 Å². The summed E-state index contributed by atoms with van der Waals surface area (Å²) >= 11 is 0. The van der Waals surface area contributed by atoms with Crippen LogP contribution in [0.2, 0.25) is 0 Å². The Labute approximate surface area is 77.9 Å². The summed E-state index contributed by atoms with van der Waals surface area (Å²) < 4.78 is 0. The number of benzene rings is 1. The second kappa shape index (κ2) is 4.05. The number of anilines is 1. The van der Waals surface area contributed by atoms with E-state index in [1.807, 2.05) is 31.2 Å². The Kier molecular flexibility index (Phi) is 3.03. The van der Waals surface area contributed by atoms with Crippen LogP contribution in [0.4, 0.5) is 5.69 Å². The molecule has 3 nitrogen and oxygen atoms in total. The number of hydrogen-bond acceptors (Lipinski definition) is 2. The zero-order valence-corrected chi connectivity index (χ0v) is 7.87. The molecule has 0 aliphatic heterocycles. The quantitative estimate of drug-likeness (QED) is 0.716. The molecule has 1 aromatic carbocycles. The van der Waals surface area contributed by atoms with Gasteiger partial charge < -0.3 is 11.1 Å². The van der Waals surface area contributed by atoms with E-state index in [0.717, 1.165) is 11.3 Å². The maximum Gasteiger partial charge on any atom is 0.241 e. The number of nitrogens with one attached hydrogen (secondary N) is 1. The van der Waals surface area contributed by atoms with E-state index in [9.17, 15) is 4.79 Å². The van der Waals surface area contributed by atoms with Crippen molar-refractivity contribution in [1.29, 1.82) is 0 Å². The number of rotatable bonds is 2. The first-order valence-electron chi connectivity index (χ1n) is 4.23. The monoisotopic (exact) mass is 178 g/mol. The number of nitrogens with two attached hydrogens (primary N) is 1. The molecule has 13 heavy (non-hydrogen) atoms. The minimum Gasteiger partial charge on any atom is -0.325 e. The van der Waals surface area contributed by atoms with Crippen molar-refractivity contribution in [2.75, 3.05) is 5.32 Å². The summed E-state index contributed by atoms with van der Waals surface area (Å²) in [6.07, 6.45) is 0. The van der Waals surface area contributed by atoms with Gasteiger partial charge in [0.15, 0.2) is 0 Å². The van der Waals surface area contributed by atoms with Crippen LogP contribution in [0, 0.1) is 6.92 Å². The maximum absolute atomic E-state index is 11.2. The number of amides is 1. The van der Waals surface area contributed by atoms with E-state index < -0.39 is 6.04 Å². The first kappa shape index (κ1) is 9.74. The number of carbonyl (C=O) groups is 1. The molecule has 1 aromatic rings. The molecule has 0 spiro atoms. The SMILES string of the molecule is Cc1ccccc1NC(=O)[C@H](C)N. The van der Waals surface area contributed by atoms with Crippen LogP contribution in [0.3, 0.4) is 0 Å². The zero-order valence-electron chi connectivity index (χ0n) is 7.87. The molecular formula is C10H14N2O. The van der Waals surface area contributed by atoms with Crippen molar-refractivity contribution in [3.05, 3.63) is 29.8 Å². The normalized spacial score (nSPS) is 12.2. The lowest BCUT2D eigenvalue weighted by atomic mass is 10.2. The molecule has 1 rings (SSSR count). The third kappa shape index (κ3) is 2.56. The van der Waals surface area contributed by atoms with Crippen LogP contribution < -0.4 is 11.1 Å². The Morgan fingerprint density at radius 3 is 2.62 bits per heavy atom. The standard InChI is InChI=1S/C10H14N2O/c1-7-5-3-4-6-9(7)12-10(13)8(2)11/h3-6,8H,11H2,1-2H3,(H,12,13)/t8-/m0/s1. The number of aryl methyl sites for hydroxylation is 1. The minimum atomic E-state index is -0.473. The van der Waals surface area contributed by atoms with E-state index in [-0.39, 0.29) is 5.91 Å². The third-order valence-electron chi connectivity index (χ3n) is 1.82. The van der Waals surface area contributed by atoms with Gasteiger partial charge in [-0.2, -0.15) is 0 Å². The van der Waals surface area contributed by atoms with Gasteiger partial charge in [0.2, 0.25) is 5.91 Å². The molecule has 1 amide bonds. The molecule has 3 heteroatoms. The summed E-state index contributed by atoms with van der Waals surface area (Å²) in [5.41, 5.74) is 7.28. The van der Waals surface area contributed by atoms with Gasteiger partial charge in [-0.25, -0.2) is 0 Å². The van der Waals surface area contributed by atoms with Crippen LogP contribution in [-0.2, 0) is 4.79 Å². The van der Waals surface area contributed by atoms with E-state index in [1.165, 1.54) is 0 Å². The van der Waals surface area contributed by atoms with E-state index in [4.69, 9.17) is 5.73 Å². The van der Waals surface area contributed by atoms with Crippen LogP contribution >= 0.6 is 0 Å². The Morgan fingerprint density at radius 2 is 2.08 bits per heavy atom. The highest BCUT2D eigenvalue weighted by molar-refractivity contribution is 5.94. The smallest absolute Gasteiger partial charge is 0.241 e. The molecule has 0 heterocycles. The second-order valence-corrected chi connectivity index (χ2v) is 3.09. The van der Waals surface area contributed by atoms with Crippen LogP contribution in [-0.4, -0.2) is 11.9 Å². The van der Waals surface area contributed by atoms with Gasteiger partial charge in [-0.15, -0.1) is 0 Å². The van der Waals surface area contributed by atoms with Crippen molar-refractivity contribution >= 4 is 11.6 Å². The molecule has 0 saturated carbocycles. The lowest BCUT2D eigenvalue weighted by Crippen LogP contribution is -2.32. The molecule has 0 radical (unpaired) electrons. The van der Waals surface area contributed by atoms with Gasteiger partial charge in [-0.3, -0.25) is 4.79 Å². The van der Waals surface area contributed by atoms with Crippen molar-refractivity contribution in [2.24, 2.45) is 5.73 Å². The topological polar surface area (TPSA) is 55.1 Å². The average Bonchev–Trinajstić information content (AvgIpc) is 2.08. The molecule has 0 bridgehead atoms.